The molecule has 0 aliphatic heterocycles. The Labute approximate surface area is 79.4 Å². The lowest BCUT2D eigenvalue weighted by molar-refractivity contribution is 0.931. The largest absolute Gasteiger partial charge is 0.300 e. The van der Waals surface area contributed by atoms with E-state index in [0.29, 0.717) is 5.11 Å². The van der Waals surface area contributed by atoms with E-state index in [4.69, 9.17) is 18.1 Å². The monoisotopic (exact) mass is 200 g/mol. The van der Waals surface area contributed by atoms with Crippen molar-refractivity contribution < 1.29 is 0 Å². The third kappa shape index (κ3) is 2.95. The van der Waals surface area contributed by atoms with Gasteiger partial charge in [-0.1, -0.05) is 6.07 Å². The first kappa shape index (κ1) is 9.11. The first-order valence-corrected chi connectivity index (χ1v) is 4.45. The van der Waals surface area contributed by atoms with E-state index >= 15 is 0 Å². The highest BCUT2D eigenvalue weighted by molar-refractivity contribution is 7.80. The molecule has 0 fully saturated rings. The molecule has 0 atom stereocenters. The summed E-state index contributed by atoms with van der Waals surface area (Å²) in [5.41, 5.74) is 4.80. The fourth-order valence-corrected chi connectivity index (χ4v) is 1.19. The van der Waals surface area contributed by atoms with Crippen LogP contribution in [0.3, 0.4) is 0 Å². The van der Waals surface area contributed by atoms with Crippen LogP contribution in [0.1, 0.15) is 4.88 Å². The van der Waals surface area contributed by atoms with Crippen molar-refractivity contribution in [2.45, 2.75) is 0 Å². The van der Waals surface area contributed by atoms with E-state index in [1.807, 2.05) is 17.5 Å². The van der Waals surface area contributed by atoms with Crippen molar-refractivity contribution in [3.8, 4) is 0 Å². The lowest BCUT2D eigenvalue weighted by Gasteiger charge is -1.97. The molecule has 1 rings (SSSR count). The van der Waals surface area contributed by atoms with Crippen LogP contribution in [-0.4, -0.2) is 11.3 Å². The number of nitrogens with one attached hydrogen (secondary N) is 2. The maximum Gasteiger partial charge on any atom is 0.201 e. The van der Waals surface area contributed by atoms with E-state index < -0.39 is 0 Å². The van der Waals surface area contributed by atoms with E-state index in [2.05, 4.69) is 16.0 Å². The Morgan fingerprint density at radius 1 is 1.75 bits per heavy atom. The van der Waals surface area contributed by atoms with Gasteiger partial charge in [0.25, 0.3) is 0 Å². The van der Waals surface area contributed by atoms with Gasteiger partial charge in [0, 0.05) is 4.88 Å². The lowest BCUT2D eigenvalue weighted by atomic mass is 10.5. The molecular formula is C6H8N4S2. The van der Waals surface area contributed by atoms with Crippen molar-refractivity contribution in [1.82, 2.24) is 10.9 Å². The van der Waals surface area contributed by atoms with Crippen LogP contribution < -0.4 is 16.7 Å². The number of hydrogen-bond donors (Lipinski definition) is 3. The molecule has 0 spiro atoms. The summed E-state index contributed by atoms with van der Waals surface area (Å²) in [6.45, 7) is 0. The van der Waals surface area contributed by atoms with Crippen molar-refractivity contribution in [2.75, 3.05) is 0 Å². The van der Waals surface area contributed by atoms with Crippen molar-refractivity contribution in [3.63, 3.8) is 0 Å². The first-order valence-electron chi connectivity index (χ1n) is 3.16. The molecule has 0 bridgehead atoms. The van der Waals surface area contributed by atoms with Crippen LogP contribution in [0.15, 0.2) is 22.6 Å². The zero-order valence-corrected chi connectivity index (χ0v) is 7.78. The molecule has 64 valence electrons. The van der Waals surface area contributed by atoms with Crippen LogP contribution in [0.2, 0.25) is 0 Å². The zero-order valence-electron chi connectivity index (χ0n) is 6.15. The third-order valence-corrected chi connectivity index (χ3v) is 2.05. The third-order valence-electron chi connectivity index (χ3n) is 1.03. The Morgan fingerprint density at radius 2 is 2.58 bits per heavy atom. The summed E-state index contributed by atoms with van der Waals surface area (Å²) in [5.74, 6) is 5.01. The number of thiophene rings is 1. The van der Waals surface area contributed by atoms with Crippen molar-refractivity contribution in [2.24, 2.45) is 10.9 Å². The molecule has 0 amide bonds. The fraction of sp³-hybridized carbons (Fsp3) is 0. The topological polar surface area (TPSA) is 62.4 Å². The standard InChI is InChI=1S/C6H8N4S2/c7-9-6(11)10-8-4-5-2-1-3-12-5/h1-4H,7H2,(H2,9,10,11)/b8-4+. The summed E-state index contributed by atoms with van der Waals surface area (Å²) in [6.07, 6.45) is 1.67. The molecule has 0 aliphatic rings. The summed E-state index contributed by atoms with van der Waals surface area (Å²) in [7, 11) is 0. The molecule has 0 aliphatic carbocycles. The van der Waals surface area contributed by atoms with E-state index in [-0.39, 0.29) is 0 Å². The minimum absolute atomic E-state index is 0.294. The second-order valence-corrected chi connectivity index (χ2v) is 3.25. The Morgan fingerprint density at radius 3 is 3.17 bits per heavy atom. The Hall–Kier alpha value is -0.980. The van der Waals surface area contributed by atoms with E-state index in [1.54, 1.807) is 17.6 Å². The number of nitrogens with two attached hydrogens (primary N) is 1. The highest BCUT2D eigenvalue weighted by atomic mass is 32.1. The average molecular weight is 200 g/mol. The molecular weight excluding hydrogens is 192 g/mol. The number of rotatable bonds is 2. The normalized spacial score (nSPS) is 10.1. The van der Waals surface area contributed by atoms with Gasteiger partial charge in [-0.3, -0.25) is 10.9 Å². The molecule has 1 aromatic heterocycles. The summed E-state index contributed by atoms with van der Waals surface area (Å²) in [5, 5.41) is 6.10. The van der Waals surface area contributed by atoms with Gasteiger partial charge in [0.1, 0.15) is 0 Å². The first-order chi connectivity index (χ1) is 5.83. The van der Waals surface area contributed by atoms with Gasteiger partial charge in [0.05, 0.1) is 6.21 Å². The van der Waals surface area contributed by atoms with E-state index in [1.165, 1.54) is 0 Å². The van der Waals surface area contributed by atoms with Crippen LogP contribution in [0.25, 0.3) is 0 Å². The van der Waals surface area contributed by atoms with Gasteiger partial charge >= 0.3 is 0 Å². The van der Waals surface area contributed by atoms with Gasteiger partial charge in [0.2, 0.25) is 5.11 Å². The molecule has 1 aromatic rings. The second-order valence-electron chi connectivity index (χ2n) is 1.86. The fourth-order valence-electron chi connectivity index (χ4n) is 0.552. The number of hydrogen-bond acceptors (Lipinski definition) is 4. The van der Waals surface area contributed by atoms with Gasteiger partial charge in [-0.2, -0.15) is 5.10 Å². The summed E-state index contributed by atoms with van der Waals surface area (Å²) < 4.78 is 0. The van der Waals surface area contributed by atoms with Gasteiger partial charge in [-0.25, -0.2) is 5.84 Å². The van der Waals surface area contributed by atoms with Crippen LogP contribution in [-0.2, 0) is 0 Å². The lowest BCUT2D eigenvalue weighted by Crippen LogP contribution is -2.37. The van der Waals surface area contributed by atoms with Gasteiger partial charge < -0.3 is 0 Å². The van der Waals surface area contributed by atoms with E-state index in [0.717, 1.165) is 4.88 Å². The Bertz CT molecular complexity index is 267. The minimum atomic E-state index is 0.294. The molecule has 12 heavy (non-hydrogen) atoms. The van der Waals surface area contributed by atoms with Gasteiger partial charge in [-0.15, -0.1) is 11.3 Å². The highest BCUT2D eigenvalue weighted by Gasteiger charge is 1.87. The molecule has 0 saturated heterocycles. The maximum atomic E-state index is 5.01. The van der Waals surface area contributed by atoms with Crippen molar-refractivity contribution >= 4 is 34.9 Å². The molecule has 0 unspecified atom stereocenters. The molecule has 0 aromatic carbocycles. The molecule has 0 radical (unpaired) electrons. The molecule has 6 heteroatoms. The van der Waals surface area contributed by atoms with Crippen molar-refractivity contribution in [1.29, 1.82) is 0 Å². The molecule has 0 saturated carbocycles. The quantitative estimate of drug-likeness (QED) is 0.280. The van der Waals surface area contributed by atoms with Crippen LogP contribution in [0, 0.1) is 0 Å². The molecule has 1 heterocycles. The predicted molar refractivity (Wildman–Crippen MR) is 55.0 cm³/mol. The number of thiocarbonyl (C=S) groups is 1. The zero-order chi connectivity index (χ0) is 8.81. The smallest absolute Gasteiger partial charge is 0.201 e. The molecule has 4 N–H and O–H groups in total. The Balaban J connectivity index is 2.37. The molecule has 4 nitrogen and oxygen atoms in total. The summed E-state index contributed by atoms with van der Waals surface area (Å²) in [6, 6.07) is 3.90. The SMILES string of the molecule is NNC(=S)N/N=C/c1cccs1. The van der Waals surface area contributed by atoms with Gasteiger partial charge in [0.15, 0.2) is 0 Å². The average Bonchev–Trinajstić information content (AvgIpc) is 2.57. The number of hydrazine groups is 1. The van der Waals surface area contributed by atoms with E-state index in [9.17, 15) is 0 Å². The van der Waals surface area contributed by atoms with Crippen LogP contribution in [0.5, 0.6) is 0 Å². The number of nitrogens with zero attached hydrogens (tertiary/aromatic N) is 1. The predicted octanol–water partition coefficient (Wildman–Crippen LogP) is 0.420. The van der Waals surface area contributed by atoms with Crippen LogP contribution >= 0.6 is 23.6 Å². The minimum Gasteiger partial charge on any atom is -0.300 e. The summed E-state index contributed by atoms with van der Waals surface area (Å²) >= 11 is 6.29. The highest BCUT2D eigenvalue weighted by Crippen LogP contribution is 2.03. The number of hydrazone groups is 1. The van der Waals surface area contributed by atoms with Crippen LogP contribution in [0.4, 0.5) is 0 Å². The van der Waals surface area contributed by atoms with Crippen molar-refractivity contribution in [3.05, 3.63) is 22.4 Å². The second kappa shape index (κ2) is 4.81. The maximum absolute atomic E-state index is 5.01. The van der Waals surface area contributed by atoms with Gasteiger partial charge in [-0.05, 0) is 23.7 Å². The Kier molecular flexibility index (Phi) is 3.65. The summed E-state index contributed by atoms with van der Waals surface area (Å²) in [4.78, 5) is 1.06.